The zero-order valence-corrected chi connectivity index (χ0v) is 13.8. The Morgan fingerprint density at radius 2 is 1.95 bits per heavy atom. The summed E-state index contributed by atoms with van der Waals surface area (Å²) in [5.74, 6) is 0. The van der Waals surface area contributed by atoms with Crippen molar-refractivity contribution >= 4 is 39.1 Å². The van der Waals surface area contributed by atoms with Gasteiger partial charge in [0, 0.05) is 16.5 Å². The van der Waals surface area contributed by atoms with Crippen molar-refractivity contribution in [3.8, 4) is 0 Å². The van der Waals surface area contributed by atoms with Gasteiger partial charge in [0.1, 0.15) is 4.90 Å². The number of sulfonamides is 1. The monoisotopic (exact) mass is 339 g/mol. The number of hydrogen-bond acceptors (Lipinski definition) is 3. The first-order valence-electron chi connectivity index (χ1n) is 6.48. The van der Waals surface area contributed by atoms with Gasteiger partial charge in [0.05, 0.1) is 5.69 Å². The highest BCUT2D eigenvalue weighted by atomic mass is 35.5. The molecular formula is C15H14ClNO2S2. The summed E-state index contributed by atoms with van der Waals surface area (Å²) in [5, 5.41) is 0.429. The van der Waals surface area contributed by atoms with Crippen LogP contribution in [0.4, 0.5) is 5.69 Å². The van der Waals surface area contributed by atoms with Crippen LogP contribution in [0.2, 0.25) is 5.02 Å². The first kappa shape index (κ1) is 14.8. The molecule has 6 heteroatoms. The highest BCUT2D eigenvalue weighted by Gasteiger charge is 2.32. The van der Waals surface area contributed by atoms with Crippen molar-refractivity contribution in [1.29, 1.82) is 0 Å². The Kier molecular flexibility index (Phi) is 3.90. The molecule has 1 aliphatic heterocycles. The Balaban J connectivity index is 2.13. The molecular weight excluding hydrogens is 326 g/mol. The standard InChI is InChI=1S/C15H14ClNO2S2/c1-20-14-7-6-12(16)10-15(14)21(18,19)17-9-8-11-4-2-3-5-13(11)17/h2-7,10H,8-9H2,1H3. The molecule has 21 heavy (non-hydrogen) atoms. The molecule has 0 spiro atoms. The van der Waals surface area contributed by atoms with Crippen molar-refractivity contribution in [2.24, 2.45) is 0 Å². The molecule has 0 N–H and O–H groups in total. The van der Waals surface area contributed by atoms with E-state index < -0.39 is 10.0 Å². The average Bonchev–Trinajstić information content (AvgIpc) is 2.92. The van der Waals surface area contributed by atoms with Crippen LogP contribution < -0.4 is 4.31 Å². The minimum atomic E-state index is -3.59. The Morgan fingerprint density at radius 1 is 1.19 bits per heavy atom. The SMILES string of the molecule is CSc1ccc(Cl)cc1S(=O)(=O)N1CCc2ccccc21. The lowest BCUT2D eigenvalue weighted by molar-refractivity contribution is 0.590. The first-order chi connectivity index (χ1) is 10.0. The van der Waals surface area contributed by atoms with Gasteiger partial charge in [-0.1, -0.05) is 29.8 Å². The highest BCUT2D eigenvalue weighted by molar-refractivity contribution is 7.99. The van der Waals surface area contributed by atoms with E-state index in [1.165, 1.54) is 22.1 Å². The summed E-state index contributed by atoms with van der Waals surface area (Å²) in [4.78, 5) is 0.989. The maximum absolute atomic E-state index is 13.0. The number of rotatable bonds is 3. The van der Waals surface area contributed by atoms with Crippen LogP contribution in [0.25, 0.3) is 0 Å². The van der Waals surface area contributed by atoms with Crippen LogP contribution in [0.1, 0.15) is 5.56 Å². The molecule has 1 aliphatic rings. The van der Waals surface area contributed by atoms with Crippen molar-refractivity contribution in [1.82, 2.24) is 0 Å². The summed E-state index contributed by atoms with van der Waals surface area (Å²) < 4.78 is 27.4. The van der Waals surface area contributed by atoms with Gasteiger partial charge in [-0.15, -0.1) is 11.8 Å². The Bertz CT molecular complexity index is 790. The van der Waals surface area contributed by atoms with Gasteiger partial charge >= 0.3 is 0 Å². The normalized spacial score (nSPS) is 14.3. The van der Waals surface area contributed by atoms with Crippen LogP contribution in [-0.2, 0) is 16.4 Å². The van der Waals surface area contributed by atoms with Crippen LogP contribution in [0, 0.1) is 0 Å². The van der Waals surface area contributed by atoms with Crippen molar-refractivity contribution < 1.29 is 8.42 Å². The van der Waals surface area contributed by atoms with Crippen LogP contribution in [0.15, 0.2) is 52.3 Å². The minimum Gasteiger partial charge on any atom is -0.266 e. The van der Waals surface area contributed by atoms with E-state index in [1.54, 1.807) is 12.1 Å². The van der Waals surface area contributed by atoms with E-state index in [0.717, 1.165) is 17.7 Å². The van der Waals surface area contributed by atoms with E-state index in [4.69, 9.17) is 11.6 Å². The lowest BCUT2D eigenvalue weighted by Crippen LogP contribution is -2.29. The summed E-state index contributed by atoms with van der Waals surface area (Å²) in [6, 6.07) is 12.6. The Morgan fingerprint density at radius 3 is 2.71 bits per heavy atom. The maximum Gasteiger partial charge on any atom is 0.265 e. The molecule has 0 atom stereocenters. The minimum absolute atomic E-state index is 0.277. The largest absolute Gasteiger partial charge is 0.266 e. The van der Waals surface area contributed by atoms with Gasteiger partial charge < -0.3 is 0 Å². The van der Waals surface area contributed by atoms with Crippen LogP contribution in [-0.4, -0.2) is 21.2 Å². The molecule has 0 saturated carbocycles. The molecule has 0 radical (unpaired) electrons. The third kappa shape index (κ3) is 2.54. The third-order valence-electron chi connectivity index (χ3n) is 3.54. The second kappa shape index (κ2) is 5.55. The van der Waals surface area contributed by atoms with E-state index in [1.807, 2.05) is 30.5 Å². The molecule has 0 aliphatic carbocycles. The number of benzene rings is 2. The number of nitrogens with zero attached hydrogens (tertiary/aromatic N) is 1. The molecule has 0 saturated heterocycles. The van der Waals surface area contributed by atoms with E-state index in [2.05, 4.69) is 0 Å². The predicted octanol–water partition coefficient (Wildman–Crippen LogP) is 3.81. The second-order valence-corrected chi connectivity index (χ2v) is 7.87. The number of hydrogen-bond donors (Lipinski definition) is 0. The van der Waals surface area contributed by atoms with Gasteiger partial charge in [0.15, 0.2) is 0 Å². The molecule has 3 nitrogen and oxygen atoms in total. The molecule has 0 unspecified atom stereocenters. The molecule has 0 amide bonds. The quantitative estimate of drug-likeness (QED) is 0.798. The molecule has 110 valence electrons. The second-order valence-electron chi connectivity index (χ2n) is 4.75. The van der Waals surface area contributed by atoms with Crippen molar-refractivity contribution in [3.63, 3.8) is 0 Å². The average molecular weight is 340 g/mol. The molecule has 0 bridgehead atoms. The lowest BCUT2D eigenvalue weighted by atomic mass is 10.2. The van der Waals surface area contributed by atoms with Crippen LogP contribution in [0.3, 0.4) is 0 Å². The lowest BCUT2D eigenvalue weighted by Gasteiger charge is -2.21. The zero-order chi connectivity index (χ0) is 15.0. The molecule has 0 aromatic heterocycles. The van der Waals surface area contributed by atoms with Crippen molar-refractivity contribution in [2.75, 3.05) is 17.1 Å². The summed E-state index contributed by atoms with van der Waals surface area (Å²) in [7, 11) is -3.59. The van der Waals surface area contributed by atoms with Gasteiger partial charge in [-0.2, -0.15) is 0 Å². The van der Waals surface area contributed by atoms with E-state index in [-0.39, 0.29) is 4.90 Å². The maximum atomic E-state index is 13.0. The first-order valence-corrected chi connectivity index (χ1v) is 9.52. The molecule has 3 rings (SSSR count). The Hall–Kier alpha value is -1.17. The molecule has 2 aromatic rings. The topological polar surface area (TPSA) is 37.4 Å². The van der Waals surface area contributed by atoms with Crippen molar-refractivity contribution in [3.05, 3.63) is 53.1 Å². The van der Waals surface area contributed by atoms with Gasteiger partial charge in [-0.3, -0.25) is 4.31 Å². The highest BCUT2D eigenvalue weighted by Crippen LogP contribution is 2.36. The number of thioether (sulfide) groups is 1. The van der Waals surface area contributed by atoms with Crippen LogP contribution in [0.5, 0.6) is 0 Å². The third-order valence-corrected chi connectivity index (χ3v) is 6.55. The fraction of sp³-hybridized carbons (Fsp3) is 0.200. The van der Waals surface area contributed by atoms with E-state index >= 15 is 0 Å². The fourth-order valence-electron chi connectivity index (χ4n) is 2.53. The number of anilines is 1. The smallest absolute Gasteiger partial charge is 0.265 e. The van der Waals surface area contributed by atoms with Gasteiger partial charge in [0.2, 0.25) is 0 Å². The van der Waals surface area contributed by atoms with Gasteiger partial charge in [-0.05, 0) is 42.5 Å². The summed E-state index contributed by atoms with van der Waals surface area (Å²) in [6.07, 6.45) is 2.60. The van der Waals surface area contributed by atoms with Crippen molar-refractivity contribution in [2.45, 2.75) is 16.2 Å². The summed E-state index contributed by atoms with van der Waals surface area (Å²) in [5.41, 5.74) is 1.83. The van der Waals surface area contributed by atoms with E-state index in [0.29, 0.717) is 16.5 Å². The number of halogens is 1. The predicted molar refractivity (Wildman–Crippen MR) is 87.9 cm³/mol. The summed E-state index contributed by atoms with van der Waals surface area (Å²) in [6.45, 7) is 0.474. The summed E-state index contributed by atoms with van der Waals surface area (Å²) >= 11 is 7.40. The fourth-order valence-corrected chi connectivity index (χ4v) is 5.40. The molecule has 0 fully saturated rings. The number of fused-ring (bicyclic) bond motifs is 1. The molecule has 1 heterocycles. The van der Waals surface area contributed by atoms with E-state index in [9.17, 15) is 8.42 Å². The number of para-hydroxylation sites is 1. The molecule has 2 aromatic carbocycles. The zero-order valence-electron chi connectivity index (χ0n) is 11.4. The van der Waals surface area contributed by atoms with Crippen LogP contribution >= 0.6 is 23.4 Å². The Labute approximate surface area is 134 Å². The van der Waals surface area contributed by atoms with Gasteiger partial charge in [0.25, 0.3) is 10.0 Å². The van der Waals surface area contributed by atoms with Gasteiger partial charge in [-0.25, -0.2) is 8.42 Å².